The number of carbonyl (C=O) groups is 1. The highest BCUT2D eigenvalue weighted by molar-refractivity contribution is 6.35. The van der Waals surface area contributed by atoms with E-state index < -0.39 is 5.97 Å². The number of hydrogen-bond acceptors (Lipinski definition) is 3. The molecule has 0 fully saturated rings. The zero-order valence-corrected chi connectivity index (χ0v) is 8.75. The van der Waals surface area contributed by atoms with E-state index in [1.807, 2.05) is 13.8 Å². The number of anilines is 1. The van der Waals surface area contributed by atoms with Crippen molar-refractivity contribution in [2.75, 3.05) is 5.73 Å². The van der Waals surface area contributed by atoms with Crippen molar-refractivity contribution in [2.24, 2.45) is 5.92 Å². The molecule has 78 valence electrons. The summed E-state index contributed by atoms with van der Waals surface area (Å²) in [6, 6.07) is 0. The summed E-state index contributed by atoms with van der Waals surface area (Å²) in [5.74, 6) is -0.770. The van der Waals surface area contributed by atoms with E-state index >= 15 is 0 Å². The third-order valence-corrected chi connectivity index (χ3v) is 2.03. The largest absolute Gasteiger partial charge is 0.476 e. The Kier molecular flexibility index (Phi) is 3.00. The molecule has 3 N–H and O–H groups in total. The van der Waals surface area contributed by atoms with Gasteiger partial charge in [-0.05, 0) is 5.92 Å². The molecule has 1 rings (SSSR count). The van der Waals surface area contributed by atoms with Crippen LogP contribution in [0.15, 0.2) is 0 Å². The molecule has 6 heteroatoms. The molecule has 1 aromatic rings. The van der Waals surface area contributed by atoms with Gasteiger partial charge >= 0.3 is 5.97 Å². The molecule has 0 aliphatic rings. The van der Waals surface area contributed by atoms with Crippen LogP contribution < -0.4 is 5.73 Å². The second-order valence-corrected chi connectivity index (χ2v) is 3.81. The summed E-state index contributed by atoms with van der Waals surface area (Å²) in [6.07, 6.45) is 0. The minimum Gasteiger partial charge on any atom is -0.476 e. The molecule has 14 heavy (non-hydrogen) atoms. The predicted octanol–water partition coefficient (Wildman–Crippen LogP) is 1.47. The van der Waals surface area contributed by atoms with Gasteiger partial charge < -0.3 is 10.8 Å². The van der Waals surface area contributed by atoms with Crippen LogP contribution in [0.1, 0.15) is 24.3 Å². The minimum atomic E-state index is -1.11. The molecular weight excluding hydrogens is 206 g/mol. The fourth-order valence-electron chi connectivity index (χ4n) is 1.14. The number of carboxylic acids is 1. The van der Waals surface area contributed by atoms with Crippen LogP contribution in [0.2, 0.25) is 5.02 Å². The van der Waals surface area contributed by atoms with E-state index in [1.54, 1.807) is 0 Å². The zero-order chi connectivity index (χ0) is 10.9. The van der Waals surface area contributed by atoms with Crippen LogP contribution in [0, 0.1) is 5.92 Å². The molecule has 0 aliphatic heterocycles. The molecule has 0 saturated heterocycles. The second kappa shape index (κ2) is 3.88. The first-order valence-corrected chi connectivity index (χ1v) is 4.56. The maximum absolute atomic E-state index is 10.8. The topological polar surface area (TPSA) is 81.1 Å². The lowest BCUT2D eigenvalue weighted by atomic mass is 10.2. The molecule has 1 heterocycles. The lowest BCUT2D eigenvalue weighted by Gasteiger charge is -2.06. The number of carboxylic acid groups (broad SMARTS) is 1. The smallest absolute Gasteiger partial charge is 0.355 e. The third-order valence-electron chi connectivity index (χ3n) is 1.66. The molecule has 5 nitrogen and oxygen atoms in total. The summed E-state index contributed by atoms with van der Waals surface area (Å²) in [4.78, 5) is 10.8. The van der Waals surface area contributed by atoms with E-state index in [0.29, 0.717) is 6.54 Å². The van der Waals surface area contributed by atoms with Crippen molar-refractivity contribution in [1.82, 2.24) is 9.78 Å². The Morgan fingerprint density at radius 3 is 2.71 bits per heavy atom. The van der Waals surface area contributed by atoms with Crippen molar-refractivity contribution in [3.05, 3.63) is 10.7 Å². The standard InChI is InChI=1S/C8H12ClN3O2/c1-4(2)3-12-6(8(13)14)5(9)7(10)11-12/h4H,3H2,1-2H3,(H2,10,11)(H,13,14). The molecule has 0 atom stereocenters. The molecular formula is C8H12ClN3O2. The van der Waals surface area contributed by atoms with E-state index in [0.717, 1.165) is 0 Å². The van der Waals surface area contributed by atoms with E-state index in [-0.39, 0.29) is 22.5 Å². The van der Waals surface area contributed by atoms with Crippen LogP contribution in [0.4, 0.5) is 5.82 Å². The van der Waals surface area contributed by atoms with Crippen LogP contribution in [-0.4, -0.2) is 20.9 Å². The highest BCUT2D eigenvalue weighted by atomic mass is 35.5. The molecule has 1 aromatic heterocycles. The Morgan fingerprint density at radius 2 is 2.29 bits per heavy atom. The Balaban J connectivity index is 3.15. The summed E-state index contributed by atoms with van der Waals surface area (Å²) < 4.78 is 1.32. The van der Waals surface area contributed by atoms with Crippen molar-refractivity contribution >= 4 is 23.4 Å². The number of nitrogens with zero attached hydrogens (tertiary/aromatic N) is 2. The Bertz CT molecular complexity index is 360. The van der Waals surface area contributed by atoms with Crippen LogP contribution in [-0.2, 0) is 6.54 Å². The number of halogens is 1. The quantitative estimate of drug-likeness (QED) is 0.804. The Hall–Kier alpha value is -1.23. The van der Waals surface area contributed by atoms with Crippen LogP contribution >= 0.6 is 11.6 Å². The van der Waals surface area contributed by atoms with Gasteiger partial charge in [0.25, 0.3) is 0 Å². The monoisotopic (exact) mass is 217 g/mol. The molecule has 0 aliphatic carbocycles. The highest BCUT2D eigenvalue weighted by Crippen LogP contribution is 2.23. The van der Waals surface area contributed by atoms with Crippen LogP contribution in [0.5, 0.6) is 0 Å². The van der Waals surface area contributed by atoms with Gasteiger partial charge in [-0.1, -0.05) is 25.4 Å². The predicted molar refractivity (Wildman–Crippen MR) is 53.4 cm³/mol. The lowest BCUT2D eigenvalue weighted by Crippen LogP contribution is -2.13. The fraction of sp³-hybridized carbons (Fsp3) is 0.500. The van der Waals surface area contributed by atoms with Crippen molar-refractivity contribution in [3.8, 4) is 0 Å². The number of aromatic carboxylic acids is 1. The van der Waals surface area contributed by atoms with Gasteiger partial charge in [0.15, 0.2) is 11.5 Å². The summed E-state index contributed by atoms with van der Waals surface area (Å²) in [6.45, 7) is 4.40. The van der Waals surface area contributed by atoms with Gasteiger partial charge in [-0.25, -0.2) is 4.79 Å². The Labute approximate surface area is 86.5 Å². The zero-order valence-electron chi connectivity index (χ0n) is 7.99. The first-order chi connectivity index (χ1) is 6.43. The number of rotatable bonds is 3. The first kappa shape index (κ1) is 10.8. The number of nitrogens with two attached hydrogens (primary N) is 1. The molecule has 0 unspecified atom stereocenters. The highest BCUT2D eigenvalue weighted by Gasteiger charge is 2.20. The summed E-state index contributed by atoms with van der Waals surface area (Å²) in [5.41, 5.74) is 5.38. The molecule has 0 spiro atoms. The van der Waals surface area contributed by atoms with E-state index in [9.17, 15) is 4.79 Å². The second-order valence-electron chi connectivity index (χ2n) is 3.43. The van der Waals surface area contributed by atoms with Crippen molar-refractivity contribution in [2.45, 2.75) is 20.4 Å². The van der Waals surface area contributed by atoms with Crippen molar-refractivity contribution < 1.29 is 9.90 Å². The first-order valence-electron chi connectivity index (χ1n) is 4.18. The Morgan fingerprint density at radius 1 is 1.71 bits per heavy atom. The minimum absolute atomic E-state index is 0.0122. The van der Waals surface area contributed by atoms with Crippen molar-refractivity contribution in [1.29, 1.82) is 0 Å². The molecule has 0 saturated carbocycles. The lowest BCUT2D eigenvalue weighted by molar-refractivity contribution is 0.0682. The van der Waals surface area contributed by atoms with Crippen molar-refractivity contribution in [3.63, 3.8) is 0 Å². The number of hydrogen-bond donors (Lipinski definition) is 2. The average molecular weight is 218 g/mol. The molecule has 0 amide bonds. The van der Waals surface area contributed by atoms with Gasteiger partial charge in [0.1, 0.15) is 5.02 Å². The van der Waals surface area contributed by atoms with Gasteiger partial charge in [0, 0.05) is 6.54 Å². The normalized spacial score (nSPS) is 10.9. The SMILES string of the molecule is CC(C)Cn1nc(N)c(Cl)c1C(=O)O. The van der Waals surface area contributed by atoms with E-state index in [4.69, 9.17) is 22.4 Å². The van der Waals surface area contributed by atoms with Gasteiger partial charge in [-0.2, -0.15) is 5.10 Å². The van der Waals surface area contributed by atoms with Gasteiger partial charge in [0.2, 0.25) is 0 Å². The van der Waals surface area contributed by atoms with Crippen LogP contribution in [0.3, 0.4) is 0 Å². The molecule has 0 aromatic carbocycles. The van der Waals surface area contributed by atoms with E-state index in [1.165, 1.54) is 4.68 Å². The maximum atomic E-state index is 10.8. The molecule has 0 bridgehead atoms. The fourth-order valence-corrected chi connectivity index (χ4v) is 1.36. The summed E-state index contributed by atoms with van der Waals surface area (Å²) >= 11 is 5.70. The van der Waals surface area contributed by atoms with Gasteiger partial charge in [-0.3, -0.25) is 4.68 Å². The summed E-state index contributed by atoms with van der Waals surface area (Å²) in [7, 11) is 0. The number of nitrogen functional groups attached to an aromatic ring is 1. The molecule has 0 radical (unpaired) electrons. The van der Waals surface area contributed by atoms with Crippen LogP contribution in [0.25, 0.3) is 0 Å². The van der Waals surface area contributed by atoms with Gasteiger partial charge in [0.05, 0.1) is 0 Å². The van der Waals surface area contributed by atoms with E-state index in [2.05, 4.69) is 5.10 Å². The third kappa shape index (κ3) is 1.98. The maximum Gasteiger partial charge on any atom is 0.355 e. The summed E-state index contributed by atoms with van der Waals surface area (Å²) in [5, 5.41) is 12.7. The number of aromatic nitrogens is 2. The van der Waals surface area contributed by atoms with Gasteiger partial charge in [-0.15, -0.1) is 0 Å². The average Bonchev–Trinajstić information content (AvgIpc) is 2.26.